The van der Waals surface area contributed by atoms with E-state index in [0.717, 1.165) is 19.1 Å². The van der Waals surface area contributed by atoms with Crippen LogP contribution >= 0.6 is 0 Å². The Balaban J connectivity index is 2.47. The highest BCUT2D eigenvalue weighted by Crippen LogP contribution is 2.27. The zero-order chi connectivity index (χ0) is 6.91. The Bertz CT molecular complexity index is 118. The summed E-state index contributed by atoms with van der Waals surface area (Å²) in [5, 5.41) is 0. The third-order valence-electron chi connectivity index (χ3n) is 1.65. The van der Waals surface area contributed by atoms with E-state index in [1.165, 1.54) is 0 Å². The van der Waals surface area contributed by atoms with Crippen LogP contribution in [0, 0.1) is 0 Å². The predicted octanol–water partition coefficient (Wildman–Crippen LogP) is 1.14. The van der Waals surface area contributed by atoms with Gasteiger partial charge in [-0.1, -0.05) is 0 Å². The van der Waals surface area contributed by atoms with Gasteiger partial charge in [0.05, 0.1) is 5.60 Å². The van der Waals surface area contributed by atoms with E-state index in [0.29, 0.717) is 0 Å². The molecule has 0 aromatic carbocycles. The highest BCUT2D eigenvalue weighted by atomic mass is 16.5. The molecule has 1 aliphatic rings. The van der Waals surface area contributed by atoms with Crippen molar-refractivity contribution >= 4 is 6.29 Å². The molecule has 0 spiro atoms. The molecule has 2 nitrogen and oxygen atoms in total. The minimum atomic E-state index is -0.139. The number of rotatable bonds is 1. The lowest BCUT2D eigenvalue weighted by Gasteiger charge is -2.16. The van der Waals surface area contributed by atoms with Gasteiger partial charge in [-0.3, -0.25) is 0 Å². The van der Waals surface area contributed by atoms with Gasteiger partial charge in [0, 0.05) is 0 Å². The van der Waals surface area contributed by atoms with Gasteiger partial charge in [-0.2, -0.15) is 0 Å². The zero-order valence-corrected chi connectivity index (χ0v) is 5.89. The van der Waals surface area contributed by atoms with Gasteiger partial charge >= 0.3 is 0 Å². The monoisotopic (exact) mass is 128 g/mol. The molecule has 9 heavy (non-hydrogen) atoms. The molecule has 2 heteroatoms. The largest absolute Gasteiger partial charge is 0.365 e. The lowest BCUT2D eigenvalue weighted by Crippen LogP contribution is -2.20. The molecule has 52 valence electrons. The number of hydrogen-bond donors (Lipinski definition) is 0. The molecule has 0 aromatic rings. The number of hydrogen-bond acceptors (Lipinski definition) is 2. The third kappa shape index (κ3) is 1.52. The van der Waals surface area contributed by atoms with Crippen LogP contribution in [0.3, 0.4) is 0 Å². The fourth-order valence-electron chi connectivity index (χ4n) is 1.11. The SMILES string of the molecule is CC1(C)CC[C@@H](C=O)O1. The van der Waals surface area contributed by atoms with Crippen molar-refractivity contribution in [1.82, 2.24) is 0 Å². The number of carbonyl (C=O) groups is 1. The van der Waals surface area contributed by atoms with E-state index in [4.69, 9.17) is 4.74 Å². The summed E-state index contributed by atoms with van der Waals surface area (Å²) in [4.78, 5) is 10.2. The van der Waals surface area contributed by atoms with Crippen molar-refractivity contribution in [1.29, 1.82) is 0 Å². The standard InChI is InChI=1S/C7H12O2/c1-7(2)4-3-6(5-8)9-7/h5-6H,3-4H2,1-2H3/t6-/m0/s1. The molecular weight excluding hydrogens is 116 g/mol. The summed E-state index contributed by atoms with van der Waals surface area (Å²) < 4.78 is 5.33. The van der Waals surface area contributed by atoms with Gasteiger partial charge in [0.25, 0.3) is 0 Å². The summed E-state index contributed by atoms with van der Waals surface area (Å²) in [6, 6.07) is 0. The summed E-state index contributed by atoms with van der Waals surface area (Å²) >= 11 is 0. The second kappa shape index (κ2) is 2.10. The molecule has 0 bridgehead atoms. The van der Waals surface area contributed by atoms with Crippen molar-refractivity contribution in [3.05, 3.63) is 0 Å². The highest BCUT2D eigenvalue weighted by Gasteiger charge is 2.30. The minimum absolute atomic E-state index is 0.0639. The summed E-state index contributed by atoms with van der Waals surface area (Å²) in [7, 11) is 0. The van der Waals surface area contributed by atoms with Gasteiger partial charge in [0.1, 0.15) is 12.4 Å². The van der Waals surface area contributed by atoms with Crippen LogP contribution in [0.25, 0.3) is 0 Å². The van der Waals surface area contributed by atoms with Gasteiger partial charge in [0.15, 0.2) is 0 Å². The van der Waals surface area contributed by atoms with Crippen molar-refractivity contribution in [2.24, 2.45) is 0 Å². The smallest absolute Gasteiger partial charge is 0.148 e. The second-order valence-electron chi connectivity index (χ2n) is 3.09. The van der Waals surface area contributed by atoms with Crippen molar-refractivity contribution in [3.8, 4) is 0 Å². The topological polar surface area (TPSA) is 26.3 Å². The maximum absolute atomic E-state index is 10.2. The Hall–Kier alpha value is -0.370. The van der Waals surface area contributed by atoms with E-state index in [1.807, 2.05) is 13.8 Å². The maximum Gasteiger partial charge on any atom is 0.148 e. The third-order valence-corrected chi connectivity index (χ3v) is 1.65. The maximum atomic E-state index is 10.2. The number of carbonyl (C=O) groups excluding carboxylic acids is 1. The molecule has 0 aliphatic carbocycles. The molecule has 1 heterocycles. The average molecular weight is 128 g/mol. The quantitative estimate of drug-likeness (QED) is 0.495. The molecular formula is C7H12O2. The van der Waals surface area contributed by atoms with E-state index in [-0.39, 0.29) is 11.7 Å². The minimum Gasteiger partial charge on any atom is -0.365 e. The fraction of sp³-hybridized carbons (Fsp3) is 0.857. The Kier molecular flexibility index (Phi) is 1.58. The van der Waals surface area contributed by atoms with Crippen LogP contribution in [0.1, 0.15) is 26.7 Å². The van der Waals surface area contributed by atoms with Gasteiger partial charge < -0.3 is 9.53 Å². The molecule has 1 aliphatic heterocycles. The first-order chi connectivity index (χ1) is 4.14. The van der Waals surface area contributed by atoms with E-state index in [2.05, 4.69) is 0 Å². The first-order valence-corrected chi connectivity index (χ1v) is 3.27. The lowest BCUT2D eigenvalue weighted by atomic mass is 10.1. The average Bonchev–Trinajstić information content (AvgIpc) is 2.10. The number of aldehydes is 1. The Labute approximate surface area is 55.2 Å². The van der Waals surface area contributed by atoms with E-state index >= 15 is 0 Å². The molecule has 1 atom stereocenters. The summed E-state index contributed by atoms with van der Waals surface area (Å²) in [6.45, 7) is 4.02. The van der Waals surface area contributed by atoms with Gasteiger partial charge in [-0.05, 0) is 26.7 Å². The highest BCUT2D eigenvalue weighted by molar-refractivity contribution is 5.56. The second-order valence-corrected chi connectivity index (χ2v) is 3.09. The van der Waals surface area contributed by atoms with Crippen LogP contribution in [0.5, 0.6) is 0 Å². The van der Waals surface area contributed by atoms with E-state index < -0.39 is 0 Å². The molecule has 0 N–H and O–H groups in total. The molecule has 1 fully saturated rings. The Morgan fingerprint density at radius 1 is 1.67 bits per heavy atom. The van der Waals surface area contributed by atoms with Crippen molar-refractivity contribution < 1.29 is 9.53 Å². The van der Waals surface area contributed by atoms with E-state index in [1.54, 1.807) is 0 Å². The first-order valence-electron chi connectivity index (χ1n) is 3.27. The predicted molar refractivity (Wildman–Crippen MR) is 34.2 cm³/mol. The van der Waals surface area contributed by atoms with Crippen LogP contribution in [0.15, 0.2) is 0 Å². The molecule has 0 amide bonds. The molecule has 0 saturated carbocycles. The summed E-state index contributed by atoms with van der Waals surface area (Å²) in [5.74, 6) is 0. The van der Waals surface area contributed by atoms with Crippen LogP contribution < -0.4 is 0 Å². The van der Waals surface area contributed by atoms with Crippen LogP contribution in [0.4, 0.5) is 0 Å². The van der Waals surface area contributed by atoms with E-state index in [9.17, 15) is 4.79 Å². The Morgan fingerprint density at radius 2 is 2.33 bits per heavy atom. The molecule has 0 unspecified atom stereocenters. The first kappa shape index (κ1) is 6.75. The Morgan fingerprint density at radius 3 is 2.56 bits per heavy atom. The summed E-state index contributed by atoms with van der Waals surface area (Å²) in [5.41, 5.74) is -0.0639. The molecule has 0 radical (unpaired) electrons. The van der Waals surface area contributed by atoms with Gasteiger partial charge in [0.2, 0.25) is 0 Å². The zero-order valence-electron chi connectivity index (χ0n) is 5.89. The normalized spacial score (nSPS) is 32.4. The van der Waals surface area contributed by atoms with Crippen LogP contribution in [-0.4, -0.2) is 18.0 Å². The summed E-state index contributed by atoms with van der Waals surface area (Å²) in [6.07, 6.45) is 2.63. The molecule has 1 rings (SSSR count). The van der Waals surface area contributed by atoms with Gasteiger partial charge in [-0.15, -0.1) is 0 Å². The van der Waals surface area contributed by atoms with Crippen molar-refractivity contribution in [2.75, 3.05) is 0 Å². The molecule has 0 aromatic heterocycles. The molecule has 1 saturated heterocycles. The van der Waals surface area contributed by atoms with Crippen molar-refractivity contribution in [3.63, 3.8) is 0 Å². The lowest BCUT2D eigenvalue weighted by molar-refractivity contribution is -0.120. The van der Waals surface area contributed by atoms with Gasteiger partial charge in [-0.25, -0.2) is 0 Å². The van der Waals surface area contributed by atoms with Crippen LogP contribution in [0.2, 0.25) is 0 Å². The van der Waals surface area contributed by atoms with Crippen LogP contribution in [-0.2, 0) is 9.53 Å². The fourth-order valence-corrected chi connectivity index (χ4v) is 1.11. The van der Waals surface area contributed by atoms with Crippen molar-refractivity contribution in [2.45, 2.75) is 38.4 Å². The number of ether oxygens (including phenoxy) is 1.